The smallest absolute Gasteiger partial charge is 0.255 e. The highest BCUT2D eigenvalue weighted by atomic mass is 16.3. The normalized spacial score (nSPS) is 12.4. The number of nitrogens with one attached hydrogen (secondary N) is 1. The van der Waals surface area contributed by atoms with Gasteiger partial charge in [-0.3, -0.25) is 9.48 Å². The first-order valence-corrected chi connectivity index (χ1v) is 9.10. The SMILES string of the molecule is CCc1ccc(C(CO)NC(=O)c2cnn(C(CC)CC)c2C)cc1. The molecule has 136 valence electrons. The molecule has 0 aliphatic carbocycles. The second-order valence-corrected chi connectivity index (χ2v) is 6.36. The van der Waals surface area contributed by atoms with E-state index in [1.165, 1.54) is 5.56 Å². The van der Waals surface area contributed by atoms with Crippen LogP contribution in [0.5, 0.6) is 0 Å². The second-order valence-electron chi connectivity index (χ2n) is 6.36. The van der Waals surface area contributed by atoms with Crippen molar-refractivity contribution >= 4 is 5.91 Å². The van der Waals surface area contributed by atoms with Crippen molar-refractivity contribution in [3.8, 4) is 0 Å². The van der Waals surface area contributed by atoms with Crippen LogP contribution in [0.4, 0.5) is 0 Å². The van der Waals surface area contributed by atoms with Gasteiger partial charge < -0.3 is 10.4 Å². The fourth-order valence-electron chi connectivity index (χ4n) is 3.11. The van der Waals surface area contributed by atoms with Crippen LogP contribution in [0, 0.1) is 6.92 Å². The number of aliphatic hydroxyl groups is 1. The van der Waals surface area contributed by atoms with Gasteiger partial charge in [0, 0.05) is 5.69 Å². The maximum atomic E-state index is 12.7. The van der Waals surface area contributed by atoms with Gasteiger partial charge in [0.1, 0.15) is 0 Å². The number of aliphatic hydroxyl groups excluding tert-OH is 1. The maximum absolute atomic E-state index is 12.7. The number of aromatic nitrogens is 2. The third-order valence-electron chi connectivity index (χ3n) is 4.86. The molecule has 0 aliphatic rings. The van der Waals surface area contributed by atoms with Crippen LogP contribution in [0.2, 0.25) is 0 Å². The molecule has 0 bridgehead atoms. The van der Waals surface area contributed by atoms with Crippen molar-refractivity contribution in [2.24, 2.45) is 0 Å². The van der Waals surface area contributed by atoms with E-state index in [4.69, 9.17) is 0 Å². The molecule has 2 rings (SSSR count). The molecule has 0 saturated heterocycles. The van der Waals surface area contributed by atoms with Crippen LogP contribution in [-0.2, 0) is 6.42 Å². The molecule has 1 amide bonds. The van der Waals surface area contributed by atoms with Gasteiger partial charge >= 0.3 is 0 Å². The van der Waals surface area contributed by atoms with Crippen molar-refractivity contribution in [1.29, 1.82) is 0 Å². The molecule has 1 unspecified atom stereocenters. The van der Waals surface area contributed by atoms with E-state index in [-0.39, 0.29) is 12.5 Å². The van der Waals surface area contributed by atoms with E-state index in [9.17, 15) is 9.90 Å². The summed E-state index contributed by atoms with van der Waals surface area (Å²) in [6, 6.07) is 7.85. The summed E-state index contributed by atoms with van der Waals surface area (Å²) in [7, 11) is 0. The van der Waals surface area contributed by atoms with E-state index in [2.05, 4.69) is 31.2 Å². The Hall–Kier alpha value is -2.14. The summed E-state index contributed by atoms with van der Waals surface area (Å²) in [6.45, 7) is 8.12. The largest absolute Gasteiger partial charge is 0.394 e. The number of hydrogen-bond acceptors (Lipinski definition) is 3. The number of amides is 1. The molecular formula is C20H29N3O2. The second kappa shape index (κ2) is 8.81. The Bertz CT molecular complexity index is 687. The summed E-state index contributed by atoms with van der Waals surface area (Å²) in [6.07, 6.45) is 4.54. The molecule has 5 heteroatoms. The summed E-state index contributed by atoms with van der Waals surface area (Å²) < 4.78 is 1.93. The lowest BCUT2D eigenvalue weighted by atomic mass is 10.0. The van der Waals surface area contributed by atoms with Crippen molar-refractivity contribution in [3.05, 3.63) is 52.8 Å². The molecule has 2 aromatic rings. The number of aryl methyl sites for hydroxylation is 1. The highest BCUT2D eigenvalue weighted by Gasteiger charge is 2.21. The van der Waals surface area contributed by atoms with Gasteiger partial charge in [-0.25, -0.2) is 0 Å². The van der Waals surface area contributed by atoms with Crippen molar-refractivity contribution in [2.75, 3.05) is 6.61 Å². The Morgan fingerprint density at radius 1 is 1.20 bits per heavy atom. The fourth-order valence-corrected chi connectivity index (χ4v) is 3.11. The first kappa shape index (κ1) is 19.2. The van der Waals surface area contributed by atoms with Crippen LogP contribution in [0.1, 0.15) is 72.9 Å². The van der Waals surface area contributed by atoms with Gasteiger partial charge in [-0.15, -0.1) is 0 Å². The number of benzene rings is 1. The molecule has 5 nitrogen and oxygen atoms in total. The van der Waals surface area contributed by atoms with Crippen LogP contribution >= 0.6 is 0 Å². The molecule has 0 fully saturated rings. The Kier molecular flexibility index (Phi) is 6.76. The molecule has 2 N–H and O–H groups in total. The van der Waals surface area contributed by atoms with E-state index in [0.717, 1.165) is 30.5 Å². The minimum atomic E-state index is -0.422. The lowest BCUT2D eigenvalue weighted by molar-refractivity contribution is 0.0915. The molecule has 1 aromatic heterocycles. The van der Waals surface area contributed by atoms with E-state index in [1.54, 1.807) is 6.20 Å². The lowest BCUT2D eigenvalue weighted by Gasteiger charge is -2.18. The molecule has 0 spiro atoms. The summed E-state index contributed by atoms with van der Waals surface area (Å²) in [5.41, 5.74) is 3.56. The van der Waals surface area contributed by atoms with Crippen LogP contribution in [0.25, 0.3) is 0 Å². The minimum absolute atomic E-state index is 0.142. The summed E-state index contributed by atoms with van der Waals surface area (Å²) in [4.78, 5) is 12.7. The van der Waals surface area contributed by atoms with Gasteiger partial charge in [-0.2, -0.15) is 5.10 Å². The zero-order valence-electron chi connectivity index (χ0n) is 15.6. The maximum Gasteiger partial charge on any atom is 0.255 e. The van der Waals surface area contributed by atoms with E-state index < -0.39 is 6.04 Å². The van der Waals surface area contributed by atoms with Gasteiger partial charge in [0.05, 0.1) is 30.5 Å². The van der Waals surface area contributed by atoms with Gasteiger partial charge in [-0.1, -0.05) is 45.0 Å². The van der Waals surface area contributed by atoms with E-state index >= 15 is 0 Å². The van der Waals surface area contributed by atoms with Gasteiger partial charge in [0.15, 0.2) is 0 Å². The number of rotatable bonds is 8. The predicted octanol–water partition coefficient (Wildman–Crippen LogP) is 3.58. The zero-order valence-corrected chi connectivity index (χ0v) is 15.6. The molecule has 25 heavy (non-hydrogen) atoms. The predicted molar refractivity (Wildman–Crippen MR) is 99.7 cm³/mol. The Morgan fingerprint density at radius 3 is 2.36 bits per heavy atom. The monoisotopic (exact) mass is 343 g/mol. The first-order valence-electron chi connectivity index (χ1n) is 9.10. The number of carbonyl (C=O) groups is 1. The molecule has 0 radical (unpaired) electrons. The number of hydrogen-bond donors (Lipinski definition) is 2. The Balaban J connectivity index is 2.16. The van der Waals surface area contributed by atoms with Gasteiger partial charge in [0.25, 0.3) is 5.91 Å². The van der Waals surface area contributed by atoms with Crippen LogP contribution < -0.4 is 5.32 Å². The van der Waals surface area contributed by atoms with Crippen LogP contribution in [0.15, 0.2) is 30.5 Å². The van der Waals surface area contributed by atoms with Crippen molar-refractivity contribution in [2.45, 2.75) is 59.0 Å². The van der Waals surface area contributed by atoms with Crippen LogP contribution in [0.3, 0.4) is 0 Å². The van der Waals surface area contributed by atoms with Crippen molar-refractivity contribution < 1.29 is 9.90 Å². The fraction of sp³-hybridized carbons (Fsp3) is 0.500. The Morgan fingerprint density at radius 2 is 1.84 bits per heavy atom. The highest BCUT2D eigenvalue weighted by molar-refractivity contribution is 5.95. The lowest BCUT2D eigenvalue weighted by Crippen LogP contribution is -2.31. The molecule has 0 saturated carbocycles. The summed E-state index contributed by atoms with van der Waals surface area (Å²) >= 11 is 0. The minimum Gasteiger partial charge on any atom is -0.394 e. The molecular weight excluding hydrogens is 314 g/mol. The highest BCUT2D eigenvalue weighted by Crippen LogP contribution is 2.20. The quantitative estimate of drug-likeness (QED) is 0.770. The molecule has 1 heterocycles. The summed E-state index contributed by atoms with van der Waals surface area (Å²) in [5, 5.41) is 17.0. The van der Waals surface area contributed by atoms with E-state index in [1.807, 2.05) is 35.9 Å². The van der Waals surface area contributed by atoms with Gasteiger partial charge in [0.2, 0.25) is 0 Å². The zero-order chi connectivity index (χ0) is 18.4. The van der Waals surface area contributed by atoms with Crippen molar-refractivity contribution in [3.63, 3.8) is 0 Å². The number of nitrogens with zero attached hydrogens (tertiary/aromatic N) is 2. The topological polar surface area (TPSA) is 67.2 Å². The molecule has 1 aromatic carbocycles. The average Bonchev–Trinajstić information content (AvgIpc) is 3.02. The standard InChI is InChI=1S/C20H29N3O2/c1-5-15-8-10-16(11-9-15)19(13-24)22-20(25)18-12-21-23(14(18)4)17(6-2)7-3/h8-12,17,19,24H,5-7,13H2,1-4H3,(H,22,25). The van der Waals surface area contributed by atoms with Gasteiger partial charge in [-0.05, 0) is 37.3 Å². The van der Waals surface area contributed by atoms with Crippen molar-refractivity contribution in [1.82, 2.24) is 15.1 Å². The third-order valence-corrected chi connectivity index (χ3v) is 4.86. The molecule has 0 aliphatic heterocycles. The molecule has 1 atom stereocenters. The Labute approximate surface area is 150 Å². The number of carbonyl (C=O) groups excluding carboxylic acids is 1. The summed E-state index contributed by atoms with van der Waals surface area (Å²) in [5.74, 6) is -0.201. The average molecular weight is 343 g/mol. The first-order chi connectivity index (χ1) is 12.0. The third kappa shape index (κ3) is 4.28. The van der Waals surface area contributed by atoms with E-state index in [0.29, 0.717) is 11.6 Å². The van der Waals surface area contributed by atoms with Crippen LogP contribution in [-0.4, -0.2) is 27.4 Å².